The van der Waals surface area contributed by atoms with Gasteiger partial charge in [-0.25, -0.2) is 23.5 Å². The maximum Gasteiger partial charge on any atom is 0.323 e. The van der Waals surface area contributed by atoms with Crippen LogP contribution in [-0.4, -0.2) is 151 Å². The van der Waals surface area contributed by atoms with Gasteiger partial charge in [-0.15, -0.1) is 0 Å². The number of fused-ring (bicyclic) bond motifs is 4. The number of nitrogens with one attached hydrogen (secondary N) is 5. The Kier molecular flexibility index (Phi) is 10.8. The van der Waals surface area contributed by atoms with E-state index in [-0.39, 0.29) is 49.7 Å². The lowest BCUT2D eigenvalue weighted by atomic mass is 10.1. The zero-order chi connectivity index (χ0) is 45.1. The molecule has 4 saturated heterocycles. The van der Waals surface area contributed by atoms with Gasteiger partial charge in [-0.05, 0) is 51.1 Å². The van der Waals surface area contributed by atoms with Gasteiger partial charge in [0.1, 0.15) is 22.7 Å². The quantitative estimate of drug-likeness (QED) is 0.137. The van der Waals surface area contributed by atoms with Crippen LogP contribution >= 0.6 is 0 Å². The Morgan fingerprint density at radius 1 is 0.621 bits per heavy atom. The summed E-state index contributed by atoms with van der Waals surface area (Å²) in [6, 6.07) is 14.2. The van der Waals surface area contributed by atoms with E-state index < -0.39 is 5.92 Å². The average Bonchev–Trinajstić information content (AvgIpc) is 4.14. The number of ether oxygens (including phenoxy) is 3. The first-order valence-electron chi connectivity index (χ1n) is 22.6. The van der Waals surface area contributed by atoms with E-state index in [0.29, 0.717) is 81.0 Å². The van der Waals surface area contributed by atoms with E-state index >= 15 is 0 Å². The minimum atomic E-state index is -2.63. The third kappa shape index (κ3) is 7.93. The number of piperidine rings is 1. The minimum absolute atomic E-state index is 0.121. The Bertz CT molecular complexity index is 3100. The monoisotopic (exact) mass is 903 g/mol. The first-order chi connectivity index (χ1) is 32.0. The van der Waals surface area contributed by atoms with Crippen molar-refractivity contribution in [2.45, 2.75) is 57.7 Å². The van der Waals surface area contributed by atoms with Crippen molar-refractivity contribution in [3.63, 3.8) is 0 Å². The summed E-state index contributed by atoms with van der Waals surface area (Å²) in [6.45, 7) is 12.7. The number of halogens is 2. The summed E-state index contributed by atoms with van der Waals surface area (Å²) in [6.07, 6.45) is 1.51. The van der Waals surface area contributed by atoms with Gasteiger partial charge in [0.05, 0.1) is 68.8 Å². The number of alkyl halides is 2. The number of morpholine rings is 3. The smallest absolute Gasteiger partial charge is 0.323 e. The van der Waals surface area contributed by atoms with Crippen molar-refractivity contribution in [2.75, 3.05) is 92.0 Å². The fourth-order valence-corrected chi connectivity index (χ4v) is 9.31. The van der Waals surface area contributed by atoms with Crippen LogP contribution in [0.1, 0.15) is 33.6 Å². The van der Waals surface area contributed by atoms with Crippen LogP contribution in [0, 0.1) is 0 Å². The number of anilines is 4. The van der Waals surface area contributed by atoms with Crippen molar-refractivity contribution >= 4 is 67.8 Å². The van der Waals surface area contributed by atoms with Gasteiger partial charge in [-0.1, -0.05) is 12.1 Å². The summed E-state index contributed by atoms with van der Waals surface area (Å²) in [4.78, 5) is 64.9. The predicted octanol–water partition coefficient (Wildman–Crippen LogP) is 5.60. The molecule has 0 bridgehead atoms. The van der Waals surface area contributed by atoms with Crippen LogP contribution in [0.15, 0.2) is 53.5 Å². The van der Waals surface area contributed by atoms with Crippen molar-refractivity contribution < 1.29 is 23.0 Å². The van der Waals surface area contributed by atoms with Crippen molar-refractivity contribution in [2.24, 2.45) is 0 Å². The molecule has 6 aromatic heterocycles. The third-order valence-electron chi connectivity index (χ3n) is 13.0. The number of rotatable bonds is 6. The maximum absolute atomic E-state index is 13.8. The van der Waals surface area contributed by atoms with Crippen molar-refractivity contribution in [3.8, 4) is 22.8 Å². The molecule has 344 valence electrons. The summed E-state index contributed by atoms with van der Waals surface area (Å²) < 4.78 is 44.4. The predicted molar refractivity (Wildman–Crippen MR) is 248 cm³/mol. The fourth-order valence-electron chi connectivity index (χ4n) is 9.31. The highest BCUT2D eigenvalue weighted by Gasteiger charge is 2.36. The molecule has 0 amide bonds. The lowest BCUT2D eigenvalue weighted by Gasteiger charge is -2.36. The number of imidazole rings is 3. The molecule has 0 saturated carbocycles. The Balaban J connectivity index is 0.000000146. The van der Waals surface area contributed by atoms with Gasteiger partial charge in [0.15, 0.2) is 22.9 Å². The molecule has 3 atom stereocenters. The van der Waals surface area contributed by atoms with Gasteiger partial charge < -0.3 is 58.7 Å². The van der Waals surface area contributed by atoms with E-state index in [4.69, 9.17) is 44.1 Å². The van der Waals surface area contributed by atoms with Crippen LogP contribution in [0.5, 0.6) is 0 Å². The lowest BCUT2D eigenvalue weighted by Crippen LogP contribution is -2.46. The summed E-state index contributed by atoms with van der Waals surface area (Å²) in [5.74, 6) is 1.44. The van der Waals surface area contributed by atoms with Gasteiger partial charge in [0, 0.05) is 73.8 Å². The molecule has 66 heavy (non-hydrogen) atoms. The standard InChI is InChI=1S/C23H25F2N7O.C22H26N8O3/c1-14-13-33-12-11-32(14)21-18-20(29-22(30-21)31-9-6-23(24,25)7-10-31)28-19(27-18)16-3-2-4-17-15(16)5-8-26-17;1-12-10-32-7-5-29(12)20-17-19(27-21(28-20)30-6-8-33-11-13(30)2)26-18(25-17)14-3-4-15-16(9-14)24-22(31)23-15/h2-5,8,14,26H,6-7,9-13H2,1H3,(H,27,28,29,30);3-4,9,12-13H,5-8,10-11H2,1-2H3,(H2,23,24,31)(H,25,26,27,28)/t14-;12-,13-/m00/s1. The van der Waals surface area contributed by atoms with Crippen LogP contribution in [0.25, 0.3) is 67.0 Å². The highest BCUT2D eigenvalue weighted by molar-refractivity contribution is 5.96. The molecular weight excluding hydrogens is 853 g/mol. The SMILES string of the molecule is C[C@H]1COCCN1c1nc(N2CCC(F)(F)CC2)nc2nc(-c3cccc4[nH]ccc34)[nH]c12.C[C@H]1COCCN1c1nc(N2CCOC[C@@H]2C)c2[nH]c(-c3ccc4[nH]c(=O)[nH]c4c3)nc2n1. The molecule has 8 aromatic rings. The summed E-state index contributed by atoms with van der Waals surface area (Å²) in [7, 11) is 0. The van der Waals surface area contributed by atoms with Crippen molar-refractivity contribution in [1.29, 1.82) is 0 Å². The van der Waals surface area contributed by atoms with E-state index in [1.54, 1.807) is 0 Å². The first kappa shape index (κ1) is 42.0. The Morgan fingerprint density at radius 2 is 1.21 bits per heavy atom. The number of benzene rings is 2. The van der Waals surface area contributed by atoms with Gasteiger partial charge in [-0.2, -0.15) is 19.9 Å². The number of aromatic nitrogens is 11. The molecule has 0 radical (unpaired) electrons. The fraction of sp³-hybridized carbons (Fsp3) is 0.444. The highest BCUT2D eigenvalue weighted by Crippen LogP contribution is 2.36. The van der Waals surface area contributed by atoms with Gasteiger partial charge >= 0.3 is 5.69 Å². The largest absolute Gasteiger partial charge is 0.377 e. The lowest BCUT2D eigenvalue weighted by molar-refractivity contribution is -0.0222. The number of aromatic amines is 5. The molecule has 10 heterocycles. The molecule has 2 aromatic carbocycles. The zero-order valence-electron chi connectivity index (χ0n) is 36.9. The summed E-state index contributed by atoms with van der Waals surface area (Å²) >= 11 is 0. The molecule has 4 aliphatic heterocycles. The molecule has 0 unspecified atom stereocenters. The van der Waals surface area contributed by atoms with Gasteiger partial charge in [-0.3, -0.25) is 0 Å². The topological polar surface area (TPSA) is 214 Å². The van der Waals surface area contributed by atoms with E-state index in [1.165, 1.54) is 0 Å². The normalized spacial score (nSPS) is 21.6. The molecule has 21 heteroatoms. The number of nitrogens with zero attached hydrogens (tertiary/aromatic N) is 10. The van der Waals surface area contributed by atoms with Crippen LogP contribution in [0.3, 0.4) is 0 Å². The van der Waals surface area contributed by atoms with Crippen LogP contribution in [0.4, 0.5) is 32.3 Å². The van der Waals surface area contributed by atoms with Crippen molar-refractivity contribution in [1.82, 2.24) is 54.8 Å². The third-order valence-corrected chi connectivity index (χ3v) is 13.0. The molecule has 4 fully saturated rings. The van der Waals surface area contributed by atoms with Crippen LogP contribution in [-0.2, 0) is 14.2 Å². The van der Waals surface area contributed by atoms with E-state index in [9.17, 15) is 13.6 Å². The molecule has 4 aliphatic rings. The van der Waals surface area contributed by atoms with E-state index in [0.717, 1.165) is 68.8 Å². The zero-order valence-corrected chi connectivity index (χ0v) is 36.9. The second kappa shape index (κ2) is 16.9. The summed E-state index contributed by atoms with van der Waals surface area (Å²) in [5.41, 5.74) is 6.80. The second-order valence-electron chi connectivity index (χ2n) is 17.5. The van der Waals surface area contributed by atoms with Crippen molar-refractivity contribution in [3.05, 3.63) is 59.1 Å². The Labute approximate surface area is 376 Å². The molecular formula is C45H51F2N15O4. The first-order valence-corrected chi connectivity index (χ1v) is 22.6. The number of hydrogen-bond donors (Lipinski definition) is 5. The number of hydrogen-bond acceptors (Lipinski definition) is 14. The van der Waals surface area contributed by atoms with Gasteiger partial charge in [0.2, 0.25) is 11.9 Å². The van der Waals surface area contributed by atoms with E-state index in [2.05, 4.69) is 60.4 Å². The van der Waals surface area contributed by atoms with Gasteiger partial charge in [0.25, 0.3) is 5.92 Å². The second-order valence-corrected chi connectivity index (χ2v) is 17.5. The maximum atomic E-state index is 13.8. The van der Waals surface area contributed by atoms with Crippen LogP contribution < -0.4 is 25.3 Å². The molecule has 0 spiro atoms. The molecule has 12 rings (SSSR count). The molecule has 5 N–H and O–H groups in total. The minimum Gasteiger partial charge on any atom is -0.377 e. The average molecular weight is 904 g/mol. The highest BCUT2D eigenvalue weighted by atomic mass is 19.3. The van der Waals surface area contributed by atoms with E-state index in [1.807, 2.05) is 53.6 Å². The Hall–Kier alpha value is -6.71. The molecule has 19 nitrogen and oxygen atoms in total. The van der Waals surface area contributed by atoms with Crippen LogP contribution in [0.2, 0.25) is 0 Å². The molecule has 0 aliphatic carbocycles. The summed E-state index contributed by atoms with van der Waals surface area (Å²) in [5, 5.41) is 1.06. The number of H-pyrrole nitrogens is 5. The Morgan fingerprint density at radius 3 is 1.88 bits per heavy atom.